The Bertz CT molecular complexity index is 2970. The second kappa shape index (κ2) is 29.4. The Labute approximate surface area is 467 Å². The van der Waals surface area contributed by atoms with Crippen molar-refractivity contribution in [2.24, 2.45) is 0 Å². The summed E-state index contributed by atoms with van der Waals surface area (Å²) >= 11 is 1.51. The van der Waals surface area contributed by atoms with Gasteiger partial charge in [-0.1, -0.05) is 230 Å². The van der Waals surface area contributed by atoms with E-state index < -0.39 is 66.5 Å². The Kier molecular flexibility index (Phi) is 20.7. The first kappa shape index (κ1) is 55.5. The quantitative estimate of drug-likeness (QED) is 0.0482. The fraction of sp³-hybridized carbons (Fsp3) is 0.269. The number of hydrogen-bond donors (Lipinski definition) is 0. The van der Waals surface area contributed by atoms with E-state index in [1.165, 1.54) is 11.8 Å². The Hall–Kier alpha value is -6.78. The first-order valence-electron chi connectivity index (χ1n) is 26.9. The molecule has 0 bridgehead atoms. The normalized spacial score (nSPS) is 22.9. The molecule has 2 saturated heterocycles. The molecule has 8 aromatic carbocycles. The average molecular weight is 1080 g/mol. The minimum Gasteiger partial charge on any atom is -0.459 e. The Morgan fingerprint density at radius 1 is 0.354 bits per heavy atom. The summed E-state index contributed by atoms with van der Waals surface area (Å²) in [5.41, 5.74) is 5.50. The molecule has 0 N–H and O–H groups in total. The van der Waals surface area contributed by atoms with E-state index in [1.807, 2.05) is 218 Å². The van der Waals surface area contributed by atoms with Crippen molar-refractivity contribution in [3.8, 4) is 0 Å². The van der Waals surface area contributed by atoms with E-state index in [4.69, 9.17) is 47.4 Å². The van der Waals surface area contributed by atoms with Crippen LogP contribution in [0, 0.1) is 0 Å². The van der Waals surface area contributed by atoms with Crippen LogP contribution in [-0.2, 0) is 87.0 Å². The van der Waals surface area contributed by atoms with Crippen LogP contribution in [0.5, 0.6) is 0 Å². The molecule has 0 aliphatic carbocycles. The molecule has 2 heterocycles. The van der Waals surface area contributed by atoms with Gasteiger partial charge in [0.25, 0.3) is 0 Å². The van der Waals surface area contributed by atoms with Gasteiger partial charge in [0.2, 0.25) is 0 Å². The molecular weight excluding hydrogens is 1010 g/mol. The maximum Gasteiger partial charge on any atom is 0.338 e. The highest BCUT2D eigenvalue weighted by Crippen LogP contribution is 2.41. The predicted molar refractivity (Wildman–Crippen MR) is 302 cm³/mol. The van der Waals surface area contributed by atoms with Crippen LogP contribution >= 0.6 is 11.8 Å². The van der Waals surface area contributed by atoms with Gasteiger partial charge in [-0.3, -0.25) is 0 Å². The molecule has 2 aliphatic rings. The van der Waals surface area contributed by atoms with E-state index in [0.29, 0.717) is 12.2 Å². The maximum atomic E-state index is 14.0. The Morgan fingerprint density at radius 3 is 1.16 bits per heavy atom. The van der Waals surface area contributed by atoms with Gasteiger partial charge in [0, 0.05) is 4.90 Å². The molecule has 406 valence electrons. The van der Waals surface area contributed by atoms with Gasteiger partial charge in [-0.25, -0.2) is 4.79 Å². The molecule has 2 aliphatic heterocycles. The fourth-order valence-corrected chi connectivity index (χ4v) is 10.8. The van der Waals surface area contributed by atoms with Gasteiger partial charge in [-0.05, 0) is 57.6 Å². The van der Waals surface area contributed by atoms with E-state index in [9.17, 15) is 4.79 Å². The van der Waals surface area contributed by atoms with Crippen LogP contribution in [0.25, 0.3) is 0 Å². The highest BCUT2D eigenvalue weighted by molar-refractivity contribution is 7.99. The number of esters is 1. The number of carbonyl (C=O) groups is 1. The molecule has 2 fully saturated rings. The lowest BCUT2D eigenvalue weighted by atomic mass is 9.96. The van der Waals surface area contributed by atoms with Crippen molar-refractivity contribution in [3.63, 3.8) is 0 Å². The zero-order valence-electron chi connectivity index (χ0n) is 43.9. The van der Waals surface area contributed by atoms with Crippen molar-refractivity contribution >= 4 is 17.7 Å². The molecule has 10 atom stereocenters. The predicted octanol–water partition coefficient (Wildman–Crippen LogP) is 12.6. The number of ether oxygens (including phenoxy) is 10. The van der Waals surface area contributed by atoms with Crippen LogP contribution in [-0.4, -0.2) is 79.7 Å². The highest BCUT2D eigenvalue weighted by Gasteiger charge is 2.55. The lowest BCUT2D eigenvalue weighted by Crippen LogP contribution is -2.66. The molecule has 79 heavy (non-hydrogen) atoms. The molecule has 0 amide bonds. The number of thioether (sulfide) groups is 1. The highest BCUT2D eigenvalue weighted by atomic mass is 32.2. The van der Waals surface area contributed by atoms with Gasteiger partial charge in [-0.15, -0.1) is 0 Å². The first-order chi connectivity index (χ1) is 39.1. The average Bonchev–Trinajstić information content (AvgIpc) is 3.54. The van der Waals surface area contributed by atoms with Gasteiger partial charge >= 0.3 is 5.97 Å². The van der Waals surface area contributed by atoms with Crippen molar-refractivity contribution in [1.29, 1.82) is 0 Å². The maximum absolute atomic E-state index is 14.0. The second-order valence-electron chi connectivity index (χ2n) is 19.4. The van der Waals surface area contributed by atoms with Crippen LogP contribution < -0.4 is 0 Å². The van der Waals surface area contributed by atoms with Crippen molar-refractivity contribution in [3.05, 3.63) is 282 Å². The molecule has 8 aromatic rings. The first-order valence-corrected chi connectivity index (χ1v) is 27.8. The molecular formula is C67H66O11S. The molecule has 0 aromatic heterocycles. The van der Waals surface area contributed by atoms with E-state index in [0.717, 1.165) is 38.3 Å². The van der Waals surface area contributed by atoms with Gasteiger partial charge < -0.3 is 47.4 Å². The third kappa shape index (κ3) is 16.2. The lowest BCUT2D eigenvalue weighted by molar-refractivity contribution is -0.359. The van der Waals surface area contributed by atoms with Crippen LogP contribution in [0.2, 0.25) is 0 Å². The van der Waals surface area contributed by atoms with Crippen LogP contribution in [0.4, 0.5) is 0 Å². The molecule has 10 rings (SSSR count). The van der Waals surface area contributed by atoms with E-state index in [2.05, 4.69) is 0 Å². The van der Waals surface area contributed by atoms with Crippen molar-refractivity contribution in [1.82, 2.24) is 0 Å². The Morgan fingerprint density at radius 2 is 0.709 bits per heavy atom. The number of rotatable bonds is 26. The summed E-state index contributed by atoms with van der Waals surface area (Å²) in [7, 11) is 0. The number of hydrogen-bond acceptors (Lipinski definition) is 12. The molecule has 0 saturated carbocycles. The smallest absolute Gasteiger partial charge is 0.338 e. The van der Waals surface area contributed by atoms with Crippen LogP contribution in [0.1, 0.15) is 43.7 Å². The monoisotopic (exact) mass is 1080 g/mol. The van der Waals surface area contributed by atoms with Crippen molar-refractivity contribution in [2.45, 2.75) is 105 Å². The van der Waals surface area contributed by atoms with E-state index in [-0.39, 0.29) is 46.2 Å². The largest absolute Gasteiger partial charge is 0.459 e. The zero-order chi connectivity index (χ0) is 53.7. The second-order valence-corrected chi connectivity index (χ2v) is 20.6. The van der Waals surface area contributed by atoms with Gasteiger partial charge in [0.05, 0.1) is 51.8 Å². The van der Waals surface area contributed by atoms with E-state index >= 15 is 0 Å². The minimum atomic E-state index is -1.18. The number of carbonyl (C=O) groups excluding carboxylic acids is 1. The SMILES string of the molecule is O=C(OC[C@H]1O[C@@H](Sc2ccccc2)[C@H](OCc2ccccc2)[C@@H](OCc2ccccc2)[C@H]1O[C@H]1O[C@H](COCc2ccccc2)[C@H](OCc2ccccc2)[C@H](OCc2ccccc2)[C@H]1OCc1ccccc1)c1ccccc1. The van der Waals surface area contributed by atoms with Crippen LogP contribution in [0.15, 0.2) is 248 Å². The summed E-state index contributed by atoms with van der Waals surface area (Å²) < 4.78 is 70.5. The minimum absolute atomic E-state index is 0.108. The van der Waals surface area contributed by atoms with Crippen molar-refractivity contribution in [2.75, 3.05) is 13.2 Å². The van der Waals surface area contributed by atoms with Gasteiger partial charge in [0.1, 0.15) is 60.9 Å². The summed E-state index contributed by atoms with van der Waals surface area (Å²) in [5, 5.41) is 0. The van der Waals surface area contributed by atoms with Crippen LogP contribution in [0.3, 0.4) is 0 Å². The third-order valence-corrected chi connectivity index (χ3v) is 14.8. The van der Waals surface area contributed by atoms with Gasteiger partial charge in [0.15, 0.2) is 6.29 Å². The van der Waals surface area contributed by atoms with Crippen molar-refractivity contribution < 1.29 is 52.2 Å². The number of benzene rings is 8. The molecule has 0 unspecified atom stereocenters. The third-order valence-electron chi connectivity index (χ3n) is 13.7. The molecule has 12 heteroatoms. The summed E-state index contributed by atoms with van der Waals surface area (Å²) in [4.78, 5) is 14.9. The fourth-order valence-electron chi connectivity index (χ4n) is 9.63. The Balaban J connectivity index is 1.07. The summed E-state index contributed by atoms with van der Waals surface area (Å²) in [6.07, 6.45) is -7.98. The molecule has 0 radical (unpaired) electrons. The topological polar surface area (TPSA) is 109 Å². The summed E-state index contributed by atoms with van der Waals surface area (Å²) in [5.74, 6) is -0.513. The molecule has 11 nitrogen and oxygen atoms in total. The molecule has 0 spiro atoms. The lowest BCUT2D eigenvalue weighted by Gasteiger charge is -2.50. The zero-order valence-corrected chi connectivity index (χ0v) is 44.7. The summed E-state index contributed by atoms with van der Waals surface area (Å²) in [6.45, 7) is 1.34. The van der Waals surface area contributed by atoms with Gasteiger partial charge in [-0.2, -0.15) is 0 Å². The van der Waals surface area contributed by atoms with E-state index in [1.54, 1.807) is 24.3 Å². The summed E-state index contributed by atoms with van der Waals surface area (Å²) in [6, 6.07) is 78.9. The standard InChI is InChI=1S/C67H66O11S/c68-65(55-37-21-7-22-38-55)75-48-58-60(62(72-44-52-31-15-4-16-32-52)64(74-46-54-35-19-6-20-36-54)67(77-58)79-56-39-23-8-24-40-56)78-66-63(73-45-53-33-17-5-18-34-53)61(71-43-51-29-13-3-14-30-51)59(70-42-50-27-11-2-12-28-50)57(76-66)47-69-41-49-25-9-1-10-26-49/h1-40,57-64,66-67H,41-48H2/t57-,58-,59+,60+,61+,62+,63-,64-,66-,67+/m1/s1.